The summed E-state index contributed by atoms with van der Waals surface area (Å²) >= 11 is 5.94. The Morgan fingerprint density at radius 1 is 1.50 bits per heavy atom. The van der Waals surface area contributed by atoms with E-state index in [9.17, 15) is 0 Å². The van der Waals surface area contributed by atoms with Crippen molar-refractivity contribution in [2.24, 2.45) is 5.92 Å². The number of hydrogen-bond donors (Lipinski definition) is 2. The minimum Gasteiger partial charge on any atom is -0.385 e. The van der Waals surface area contributed by atoms with Crippen molar-refractivity contribution in [3.8, 4) is 0 Å². The highest BCUT2D eigenvalue weighted by Crippen LogP contribution is 2.19. The van der Waals surface area contributed by atoms with Crippen LogP contribution in [0.25, 0.3) is 0 Å². The van der Waals surface area contributed by atoms with E-state index in [0.717, 1.165) is 36.1 Å². The van der Waals surface area contributed by atoms with Crippen molar-refractivity contribution in [2.45, 2.75) is 6.92 Å². The Morgan fingerprint density at radius 2 is 2.29 bits per heavy atom. The van der Waals surface area contributed by atoms with E-state index < -0.39 is 0 Å². The van der Waals surface area contributed by atoms with Gasteiger partial charge in [0, 0.05) is 36.3 Å². The van der Waals surface area contributed by atoms with Gasteiger partial charge in [-0.25, -0.2) is 0 Å². The monoisotopic (exact) mass is 210 g/mol. The fraction of sp³-hybridized carbons (Fsp3) is 0.455. The van der Waals surface area contributed by atoms with Crippen molar-refractivity contribution in [2.75, 3.05) is 25.0 Å². The molecule has 1 saturated heterocycles. The molecule has 1 heterocycles. The molecule has 0 spiro atoms. The molecular formula is C11H15ClN2. The van der Waals surface area contributed by atoms with Crippen LogP contribution in [-0.2, 0) is 0 Å². The Morgan fingerprint density at radius 3 is 2.86 bits per heavy atom. The first-order chi connectivity index (χ1) is 6.75. The van der Waals surface area contributed by atoms with Gasteiger partial charge in [-0.1, -0.05) is 11.6 Å². The lowest BCUT2D eigenvalue weighted by Crippen LogP contribution is -2.45. The standard InChI is InChI=1S/C11H15ClN2/c1-8-4-10(2-3-11(8)12)14-7-9-5-13-6-9/h2-4,9,13-14H,5-7H2,1H3. The lowest BCUT2D eigenvalue weighted by molar-refractivity contribution is 0.365. The van der Waals surface area contributed by atoms with Gasteiger partial charge in [0.15, 0.2) is 0 Å². The first-order valence-electron chi connectivity index (χ1n) is 4.96. The van der Waals surface area contributed by atoms with Gasteiger partial charge >= 0.3 is 0 Å². The average molecular weight is 211 g/mol. The third kappa shape index (κ3) is 2.20. The maximum atomic E-state index is 5.94. The maximum absolute atomic E-state index is 5.94. The van der Waals surface area contributed by atoms with Crippen LogP contribution in [0.1, 0.15) is 5.56 Å². The van der Waals surface area contributed by atoms with Crippen LogP contribution in [0.2, 0.25) is 5.02 Å². The van der Waals surface area contributed by atoms with E-state index in [1.165, 1.54) is 5.69 Å². The van der Waals surface area contributed by atoms with E-state index in [2.05, 4.69) is 16.7 Å². The Hall–Kier alpha value is -0.730. The van der Waals surface area contributed by atoms with E-state index >= 15 is 0 Å². The SMILES string of the molecule is Cc1cc(NCC2CNC2)ccc1Cl. The molecule has 0 amide bonds. The van der Waals surface area contributed by atoms with E-state index in [4.69, 9.17) is 11.6 Å². The Bertz CT molecular complexity index is 321. The Labute approximate surface area is 89.7 Å². The van der Waals surface area contributed by atoms with Crippen molar-refractivity contribution in [1.82, 2.24) is 5.32 Å². The second kappa shape index (κ2) is 4.20. The van der Waals surface area contributed by atoms with Gasteiger partial charge in [0.1, 0.15) is 0 Å². The summed E-state index contributed by atoms with van der Waals surface area (Å²) in [6.07, 6.45) is 0. The van der Waals surface area contributed by atoms with Crippen LogP contribution in [0, 0.1) is 12.8 Å². The summed E-state index contributed by atoms with van der Waals surface area (Å²) in [6, 6.07) is 6.06. The van der Waals surface area contributed by atoms with Crippen molar-refractivity contribution in [1.29, 1.82) is 0 Å². The van der Waals surface area contributed by atoms with Gasteiger partial charge in [-0.15, -0.1) is 0 Å². The Balaban J connectivity index is 1.91. The molecule has 0 radical (unpaired) electrons. The van der Waals surface area contributed by atoms with Gasteiger partial charge in [-0.05, 0) is 30.7 Å². The minimum absolute atomic E-state index is 0.783. The summed E-state index contributed by atoms with van der Waals surface area (Å²) in [5.41, 5.74) is 2.29. The summed E-state index contributed by atoms with van der Waals surface area (Å²) in [6.45, 7) is 5.35. The molecule has 1 aromatic carbocycles. The van der Waals surface area contributed by atoms with Crippen LogP contribution in [0.5, 0.6) is 0 Å². The highest BCUT2D eigenvalue weighted by atomic mass is 35.5. The molecule has 0 aromatic heterocycles. The highest BCUT2D eigenvalue weighted by molar-refractivity contribution is 6.31. The molecule has 2 N–H and O–H groups in total. The molecule has 0 bridgehead atoms. The van der Waals surface area contributed by atoms with Gasteiger partial charge in [0.05, 0.1) is 0 Å². The summed E-state index contributed by atoms with van der Waals surface area (Å²) < 4.78 is 0. The number of anilines is 1. The minimum atomic E-state index is 0.783. The van der Waals surface area contributed by atoms with Crippen LogP contribution in [-0.4, -0.2) is 19.6 Å². The fourth-order valence-corrected chi connectivity index (χ4v) is 1.63. The topological polar surface area (TPSA) is 24.1 Å². The maximum Gasteiger partial charge on any atom is 0.0436 e. The number of rotatable bonds is 3. The van der Waals surface area contributed by atoms with E-state index in [1.807, 2.05) is 19.1 Å². The van der Waals surface area contributed by atoms with E-state index in [1.54, 1.807) is 0 Å². The molecular weight excluding hydrogens is 196 g/mol. The summed E-state index contributed by atoms with van der Waals surface area (Å²) in [4.78, 5) is 0. The first kappa shape index (κ1) is 9.81. The zero-order valence-corrected chi connectivity index (χ0v) is 9.06. The molecule has 2 rings (SSSR count). The molecule has 1 aliphatic heterocycles. The first-order valence-corrected chi connectivity index (χ1v) is 5.34. The third-order valence-corrected chi connectivity index (χ3v) is 3.04. The normalized spacial score (nSPS) is 16.4. The summed E-state index contributed by atoms with van der Waals surface area (Å²) in [5, 5.41) is 7.51. The molecule has 1 fully saturated rings. The smallest absolute Gasteiger partial charge is 0.0436 e. The van der Waals surface area contributed by atoms with Crippen molar-refractivity contribution < 1.29 is 0 Å². The van der Waals surface area contributed by atoms with Crippen molar-refractivity contribution in [3.63, 3.8) is 0 Å². The summed E-state index contributed by atoms with van der Waals surface area (Å²) in [7, 11) is 0. The van der Waals surface area contributed by atoms with Crippen LogP contribution < -0.4 is 10.6 Å². The second-order valence-corrected chi connectivity index (χ2v) is 4.28. The lowest BCUT2D eigenvalue weighted by Gasteiger charge is -2.27. The van der Waals surface area contributed by atoms with Gasteiger partial charge in [-0.2, -0.15) is 0 Å². The summed E-state index contributed by atoms with van der Waals surface area (Å²) in [5.74, 6) is 0.783. The van der Waals surface area contributed by atoms with Crippen LogP contribution in [0.3, 0.4) is 0 Å². The van der Waals surface area contributed by atoms with Gasteiger partial charge in [0.25, 0.3) is 0 Å². The Kier molecular flexibility index (Phi) is 2.94. The van der Waals surface area contributed by atoms with E-state index in [0.29, 0.717) is 0 Å². The molecule has 2 nitrogen and oxygen atoms in total. The average Bonchev–Trinajstić information content (AvgIpc) is 2.08. The van der Waals surface area contributed by atoms with Gasteiger partial charge < -0.3 is 10.6 Å². The number of benzene rings is 1. The van der Waals surface area contributed by atoms with Crippen molar-refractivity contribution >= 4 is 17.3 Å². The number of halogens is 1. The largest absolute Gasteiger partial charge is 0.385 e. The molecule has 76 valence electrons. The number of hydrogen-bond acceptors (Lipinski definition) is 2. The molecule has 0 saturated carbocycles. The fourth-order valence-electron chi connectivity index (χ4n) is 1.51. The number of aryl methyl sites for hydroxylation is 1. The molecule has 1 aliphatic rings. The highest BCUT2D eigenvalue weighted by Gasteiger charge is 2.15. The van der Waals surface area contributed by atoms with Crippen molar-refractivity contribution in [3.05, 3.63) is 28.8 Å². The molecule has 1 aromatic rings. The zero-order chi connectivity index (χ0) is 9.97. The van der Waals surface area contributed by atoms with E-state index in [-0.39, 0.29) is 0 Å². The molecule has 0 aliphatic carbocycles. The van der Waals surface area contributed by atoms with Crippen LogP contribution >= 0.6 is 11.6 Å². The van der Waals surface area contributed by atoms with Crippen LogP contribution in [0.15, 0.2) is 18.2 Å². The molecule has 3 heteroatoms. The predicted molar refractivity (Wildman–Crippen MR) is 61.0 cm³/mol. The lowest BCUT2D eigenvalue weighted by atomic mass is 10.0. The molecule has 0 atom stereocenters. The predicted octanol–water partition coefficient (Wildman–Crippen LogP) is 2.28. The number of nitrogens with one attached hydrogen (secondary N) is 2. The van der Waals surface area contributed by atoms with Crippen LogP contribution in [0.4, 0.5) is 5.69 Å². The molecule has 14 heavy (non-hydrogen) atoms. The van der Waals surface area contributed by atoms with Gasteiger partial charge in [0.2, 0.25) is 0 Å². The van der Waals surface area contributed by atoms with Gasteiger partial charge in [-0.3, -0.25) is 0 Å². The zero-order valence-electron chi connectivity index (χ0n) is 8.31. The quantitative estimate of drug-likeness (QED) is 0.800. The third-order valence-electron chi connectivity index (χ3n) is 2.62. The second-order valence-electron chi connectivity index (χ2n) is 3.87. The molecule has 0 unspecified atom stereocenters.